The van der Waals surface area contributed by atoms with Gasteiger partial charge in [-0.25, -0.2) is 13.6 Å². The van der Waals surface area contributed by atoms with Crippen molar-refractivity contribution in [3.63, 3.8) is 0 Å². The molecule has 2 amide bonds. The van der Waals surface area contributed by atoms with Gasteiger partial charge in [-0.2, -0.15) is 0 Å². The van der Waals surface area contributed by atoms with Gasteiger partial charge in [-0.05, 0) is 25.0 Å². The Balaban J connectivity index is 1.96. The molecule has 0 saturated carbocycles. The molecule has 1 saturated heterocycles. The number of amides is 2. The quantitative estimate of drug-likeness (QED) is 0.792. The van der Waals surface area contributed by atoms with Gasteiger partial charge in [-0.3, -0.25) is 0 Å². The molecule has 1 aromatic rings. The second-order valence-electron chi connectivity index (χ2n) is 5.32. The van der Waals surface area contributed by atoms with Gasteiger partial charge >= 0.3 is 6.03 Å². The van der Waals surface area contributed by atoms with Gasteiger partial charge < -0.3 is 20.5 Å². The van der Waals surface area contributed by atoms with Crippen molar-refractivity contribution in [3.8, 4) is 0 Å². The molecule has 122 valence electrons. The average molecular weight is 335 g/mol. The van der Waals surface area contributed by atoms with Crippen LogP contribution < -0.4 is 10.6 Å². The molecule has 1 aromatic carbocycles. The van der Waals surface area contributed by atoms with Crippen molar-refractivity contribution in [2.45, 2.75) is 12.8 Å². The maximum absolute atomic E-state index is 13.6. The molecule has 22 heavy (non-hydrogen) atoms. The molecule has 1 heterocycles. The number of hydrogen-bond acceptors (Lipinski definition) is 3. The Morgan fingerprint density at radius 3 is 2.45 bits per heavy atom. The van der Waals surface area contributed by atoms with Gasteiger partial charge in [-0.1, -0.05) is 11.6 Å². The zero-order valence-corrected chi connectivity index (χ0v) is 12.6. The molecule has 0 radical (unpaired) electrons. The summed E-state index contributed by atoms with van der Waals surface area (Å²) in [7, 11) is 0. The maximum Gasteiger partial charge on any atom is 0.319 e. The number of halogens is 3. The average Bonchev–Trinajstić information content (AvgIpc) is 2.50. The van der Waals surface area contributed by atoms with Crippen LogP contribution in [-0.4, -0.2) is 37.5 Å². The Bertz CT molecular complexity index is 528. The van der Waals surface area contributed by atoms with E-state index in [4.69, 9.17) is 16.3 Å². The molecule has 0 atom stereocenters. The van der Waals surface area contributed by atoms with Crippen molar-refractivity contribution < 1.29 is 23.4 Å². The maximum atomic E-state index is 13.6. The summed E-state index contributed by atoms with van der Waals surface area (Å²) >= 11 is 5.51. The SMILES string of the molecule is O=C(NCC1(CO)CCOCC1)Nc1c(F)cc(Cl)cc1F. The summed E-state index contributed by atoms with van der Waals surface area (Å²) in [6.45, 7) is 1.10. The van der Waals surface area contributed by atoms with Crippen LogP contribution in [-0.2, 0) is 4.74 Å². The highest BCUT2D eigenvalue weighted by Crippen LogP contribution is 2.29. The number of nitrogens with one attached hydrogen (secondary N) is 2. The van der Waals surface area contributed by atoms with Gasteiger partial charge in [0, 0.05) is 30.2 Å². The van der Waals surface area contributed by atoms with Crippen LogP contribution in [0.4, 0.5) is 19.3 Å². The molecule has 1 aliphatic rings. The lowest BCUT2D eigenvalue weighted by atomic mass is 9.81. The van der Waals surface area contributed by atoms with Gasteiger partial charge in [0.25, 0.3) is 0 Å². The molecule has 0 aromatic heterocycles. The van der Waals surface area contributed by atoms with Gasteiger partial charge in [0.1, 0.15) is 5.69 Å². The second-order valence-corrected chi connectivity index (χ2v) is 5.76. The first-order valence-electron chi connectivity index (χ1n) is 6.84. The van der Waals surface area contributed by atoms with Crippen LogP contribution in [0.25, 0.3) is 0 Å². The summed E-state index contributed by atoms with van der Waals surface area (Å²) in [6, 6.07) is 1.07. The topological polar surface area (TPSA) is 70.6 Å². The Morgan fingerprint density at radius 1 is 1.32 bits per heavy atom. The minimum atomic E-state index is -0.955. The summed E-state index contributed by atoms with van der Waals surface area (Å²) in [6.07, 6.45) is 1.21. The normalized spacial score (nSPS) is 17.1. The van der Waals surface area contributed by atoms with Crippen LogP contribution in [0.3, 0.4) is 0 Å². The first kappa shape index (κ1) is 16.9. The fourth-order valence-corrected chi connectivity index (χ4v) is 2.47. The number of ether oxygens (including phenoxy) is 1. The highest BCUT2D eigenvalue weighted by molar-refractivity contribution is 6.30. The smallest absolute Gasteiger partial charge is 0.319 e. The van der Waals surface area contributed by atoms with Crippen LogP contribution in [0, 0.1) is 17.0 Å². The van der Waals surface area contributed by atoms with Gasteiger partial charge in [0.2, 0.25) is 0 Å². The Kier molecular flexibility index (Phi) is 5.55. The standard InChI is InChI=1S/C14H17ClF2N2O3/c15-9-5-10(16)12(11(17)6-9)19-13(21)18-7-14(8-20)1-3-22-4-2-14/h5-6,20H,1-4,7-8H2,(H2,18,19,21). The lowest BCUT2D eigenvalue weighted by Crippen LogP contribution is -2.45. The first-order valence-corrected chi connectivity index (χ1v) is 7.22. The fourth-order valence-electron chi connectivity index (χ4n) is 2.28. The number of carbonyl (C=O) groups excluding carboxylic acids is 1. The highest BCUT2D eigenvalue weighted by Gasteiger charge is 2.32. The predicted molar refractivity (Wildman–Crippen MR) is 78.0 cm³/mol. The van der Waals surface area contributed by atoms with E-state index in [9.17, 15) is 18.7 Å². The number of urea groups is 1. The monoisotopic (exact) mass is 334 g/mol. The minimum Gasteiger partial charge on any atom is -0.396 e. The van der Waals surface area contributed by atoms with E-state index in [-0.39, 0.29) is 18.2 Å². The van der Waals surface area contributed by atoms with Crippen LogP contribution in [0.15, 0.2) is 12.1 Å². The molecule has 0 unspecified atom stereocenters. The van der Waals surface area contributed by atoms with Gasteiger partial charge in [0.15, 0.2) is 11.6 Å². The van der Waals surface area contributed by atoms with Crippen LogP contribution in [0.5, 0.6) is 0 Å². The van der Waals surface area contributed by atoms with Crippen LogP contribution in [0.1, 0.15) is 12.8 Å². The summed E-state index contributed by atoms with van der Waals surface area (Å²) in [5, 5.41) is 14.1. The van der Waals surface area contributed by atoms with Gasteiger partial charge in [-0.15, -0.1) is 0 Å². The first-order chi connectivity index (χ1) is 10.5. The lowest BCUT2D eigenvalue weighted by Gasteiger charge is -2.35. The molecule has 0 aliphatic carbocycles. The van der Waals surface area contributed by atoms with E-state index in [0.717, 1.165) is 12.1 Å². The van der Waals surface area contributed by atoms with Crippen molar-refractivity contribution in [1.29, 1.82) is 0 Å². The largest absolute Gasteiger partial charge is 0.396 e. The summed E-state index contributed by atoms with van der Waals surface area (Å²) in [5.74, 6) is -1.91. The zero-order valence-electron chi connectivity index (χ0n) is 11.8. The Hall–Kier alpha value is -1.44. The number of aliphatic hydroxyl groups is 1. The third-order valence-corrected chi connectivity index (χ3v) is 3.98. The molecule has 3 N–H and O–H groups in total. The van der Waals surface area contributed by atoms with Crippen LogP contribution >= 0.6 is 11.6 Å². The van der Waals surface area contributed by atoms with E-state index >= 15 is 0 Å². The molecule has 2 rings (SSSR count). The fraction of sp³-hybridized carbons (Fsp3) is 0.500. The van der Waals surface area contributed by atoms with E-state index in [1.54, 1.807) is 0 Å². The second kappa shape index (κ2) is 7.21. The zero-order chi connectivity index (χ0) is 16.2. The summed E-state index contributed by atoms with van der Waals surface area (Å²) < 4.78 is 32.4. The number of rotatable bonds is 4. The van der Waals surface area contributed by atoms with E-state index in [1.807, 2.05) is 0 Å². The van der Waals surface area contributed by atoms with E-state index < -0.39 is 28.8 Å². The van der Waals surface area contributed by atoms with E-state index in [1.165, 1.54) is 0 Å². The molecule has 0 bridgehead atoms. The molecular weight excluding hydrogens is 318 g/mol. The van der Waals surface area contributed by atoms with E-state index in [0.29, 0.717) is 26.1 Å². The van der Waals surface area contributed by atoms with Crippen molar-refractivity contribution in [1.82, 2.24) is 5.32 Å². The van der Waals surface area contributed by atoms with Crippen molar-refractivity contribution in [2.24, 2.45) is 5.41 Å². The van der Waals surface area contributed by atoms with Crippen molar-refractivity contribution in [3.05, 3.63) is 28.8 Å². The third-order valence-electron chi connectivity index (χ3n) is 3.76. The number of carbonyl (C=O) groups is 1. The molecule has 8 heteroatoms. The number of aliphatic hydroxyl groups excluding tert-OH is 1. The third kappa shape index (κ3) is 4.06. The molecule has 5 nitrogen and oxygen atoms in total. The molecule has 0 spiro atoms. The molecule has 1 fully saturated rings. The van der Waals surface area contributed by atoms with Crippen molar-refractivity contribution in [2.75, 3.05) is 31.7 Å². The number of anilines is 1. The predicted octanol–water partition coefficient (Wildman–Crippen LogP) is 2.53. The molecular formula is C14H17ClF2N2O3. The Labute approximate surface area is 131 Å². The number of benzene rings is 1. The van der Waals surface area contributed by atoms with E-state index in [2.05, 4.69) is 10.6 Å². The van der Waals surface area contributed by atoms with Crippen molar-refractivity contribution >= 4 is 23.3 Å². The van der Waals surface area contributed by atoms with Crippen LogP contribution in [0.2, 0.25) is 5.02 Å². The molecule has 1 aliphatic heterocycles. The minimum absolute atomic E-state index is 0.0950. The summed E-state index contributed by atoms with van der Waals surface area (Å²) in [4.78, 5) is 11.8. The number of hydrogen-bond donors (Lipinski definition) is 3. The lowest BCUT2D eigenvalue weighted by molar-refractivity contribution is -0.0136. The highest BCUT2D eigenvalue weighted by atomic mass is 35.5. The van der Waals surface area contributed by atoms with Gasteiger partial charge in [0.05, 0.1) is 6.61 Å². The Morgan fingerprint density at radius 2 is 1.91 bits per heavy atom. The summed E-state index contributed by atoms with van der Waals surface area (Å²) in [5.41, 5.74) is -1.03.